The van der Waals surface area contributed by atoms with Gasteiger partial charge in [0, 0.05) is 26.3 Å². The smallest absolute Gasteiger partial charge is 0.313 e. The van der Waals surface area contributed by atoms with Crippen LogP contribution in [0.25, 0.3) is 0 Å². The molecule has 2 aliphatic heterocycles. The molecular weight excluding hydrogens is 234 g/mol. The average Bonchev–Trinajstić information content (AvgIpc) is 2.80. The van der Waals surface area contributed by atoms with Gasteiger partial charge in [-0.15, -0.1) is 0 Å². The molecule has 0 bridgehead atoms. The van der Waals surface area contributed by atoms with E-state index in [0.29, 0.717) is 32.1 Å². The Morgan fingerprint density at radius 3 is 2.83 bits per heavy atom. The van der Waals surface area contributed by atoms with Gasteiger partial charge in [0.2, 0.25) is 0 Å². The first-order chi connectivity index (χ1) is 8.62. The Kier molecular flexibility index (Phi) is 4.59. The van der Waals surface area contributed by atoms with Crippen molar-refractivity contribution in [2.24, 2.45) is 11.3 Å². The molecule has 2 fully saturated rings. The number of hydrogen-bond acceptors (Lipinski definition) is 4. The van der Waals surface area contributed by atoms with Gasteiger partial charge in [-0.3, -0.25) is 4.79 Å². The summed E-state index contributed by atoms with van der Waals surface area (Å²) in [6.45, 7) is 4.06. The third-order valence-electron chi connectivity index (χ3n) is 3.95. The molecule has 0 amide bonds. The van der Waals surface area contributed by atoms with Crippen molar-refractivity contribution < 1.29 is 19.4 Å². The van der Waals surface area contributed by atoms with Gasteiger partial charge >= 0.3 is 5.97 Å². The van der Waals surface area contributed by atoms with E-state index in [-0.39, 0.29) is 0 Å². The molecule has 1 N–H and O–H groups in total. The molecule has 0 aliphatic carbocycles. The first kappa shape index (κ1) is 13.8. The van der Waals surface area contributed by atoms with E-state index in [9.17, 15) is 9.90 Å². The van der Waals surface area contributed by atoms with Gasteiger partial charge in [-0.05, 0) is 32.2 Å². The van der Waals surface area contributed by atoms with Gasteiger partial charge < -0.3 is 19.5 Å². The molecule has 5 heteroatoms. The van der Waals surface area contributed by atoms with E-state index in [1.807, 2.05) is 7.05 Å². The van der Waals surface area contributed by atoms with Gasteiger partial charge in [0.05, 0.1) is 13.2 Å². The third kappa shape index (κ3) is 3.22. The van der Waals surface area contributed by atoms with Crippen LogP contribution in [0.15, 0.2) is 0 Å². The van der Waals surface area contributed by atoms with Crippen LogP contribution < -0.4 is 0 Å². The maximum Gasteiger partial charge on any atom is 0.313 e. The second kappa shape index (κ2) is 5.99. The van der Waals surface area contributed by atoms with Crippen LogP contribution in [0.1, 0.15) is 19.3 Å². The van der Waals surface area contributed by atoms with Crippen molar-refractivity contribution in [3.05, 3.63) is 0 Å². The van der Waals surface area contributed by atoms with Crippen LogP contribution in [0, 0.1) is 11.3 Å². The highest BCUT2D eigenvalue weighted by atomic mass is 16.5. The lowest BCUT2D eigenvalue weighted by molar-refractivity contribution is -0.150. The molecule has 0 aromatic carbocycles. The van der Waals surface area contributed by atoms with E-state index in [4.69, 9.17) is 9.47 Å². The average molecular weight is 257 g/mol. The van der Waals surface area contributed by atoms with Crippen molar-refractivity contribution in [2.45, 2.75) is 19.3 Å². The van der Waals surface area contributed by atoms with Gasteiger partial charge in [0.15, 0.2) is 0 Å². The summed E-state index contributed by atoms with van der Waals surface area (Å²) in [4.78, 5) is 13.5. The van der Waals surface area contributed by atoms with E-state index < -0.39 is 11.4 Å². The summed E-state index contributed by atoms with van der Waals surface area (Å²) >= 11 is 0. The van der Waals surface area contributed by atoms with Gasteiger partial charge in [-0.1, -0.05) is 0 Å². The van der Waals surface area contributed by atoms with Crippen LogP contribution >= 0.6 is 0 Å². The van der Waals surface area contributed by atoms with Crippen LogP contribution in [-0.4, -0.2) is 62.5 Å². The minimum atomic E-state index is -0.730. The maximum atomic E-state index is 11.4. The quantitative estimate of drug-likeness (QED) is 0.790. The fourth-order valence-corrected chi connectivity index (χ4v) is 2.94. The van der Waals surface area contributed by atoms with E-state index in [1.165, 1.54) is 6.42 Å². The summed E-state index contributed by atoms with van der Waals surface area (Å²) < 4.78 is 10.7. The summed E-state index contributed by atoms with van der Waals surface area (Å²) in [5.74, 6) is -0.191. The number of ether oxygens (including phenoxy) is 2. The SMILES string of the molecule is CN(CC1CCCOC1)CC1(C(=O)O)CCOC1. The van der Waals surface area contributed by atoms with Crippen molar-refractivity contribution >= 4 is 5.97 Å². The van der Waals surface area contributed by atoms with Gasteiger partial charge in [-0.2, -0.15) is 0 Å². The molecule has 2 heterocycles. The first-order valence-electron chi connectivity index (χ1n) is 6.70. The zero-order valence-electron chi connectivity index (χ0n) is 11.1. The number of carbonyl (C=O) groups is 1. The molecule has 2 unspecified atom stereocenters. The molecule has 2 rings (SSSR count). The summed E-state index contributed by atoms with van der Waals surface area (Å²) in [7, 11) is 2.00. The normalized spacial score (nSPS) is 32.9. The number of hydrogen-bond donors (Lipinski definition) is 1. The molecule has 18 heavy (non-hydrogen) atoms. The summed E-state index contributed by atoms with van der Waals surface area (Å²) in [6.07, 6.45) is 2.92. The second-order valence-electron chi connectivity index (χ2n) is 5.67. The Hall–Kier alpha value is -0.650. The lowest BCUT2D eigenvalue weighted by atomic mass is 9.86. The van der Waals surface area contributed by atoms with Crippen molar-refractivity contribution in [1.82, 2.24) is 4.90 Å². The van der Waals surface area contributed by atoms with E-state index in [1.54, 1.807) is 0 Å². The predicted molar refractivity (Wildman–Crippen MR) is 66.5 cm³/mol. The summed E-state index contributed by atoms with van der Waals surface area (Å²) in [6, 6.07) is 0. The molecular formula is C13H23NO4. The molecule has 0 radical (unpaired) electrons. The summed E-state index contributed by atoms with van der Waals surface area (Å²) in [5, 5.41) is 9.39. The number of rotatable bonds is 5. The van der Waals surface area contributed by atoms with Crippen molar-refractivity contribution in [3.8, 4) is 0 Å². The predicted octanol–water partition coefficient (Wildman–Crippen LogP) is 0.836. The topological polar surface area (TPSA) is 59.0 Å². The first-order valence-corrected chi connectivity index (χ1v) is 6.70. The van der Waals surface area contributed by atoms with E-state index >= 15 is 0 Å². The van der Waals surface area contributed by atoms with Gasteiger partial charge in [0.1, 0.15) is 5.41 Å². The highest BCUT2D eigenvalue weighted by molar-refractivity contribution is 5.75. The number of carboxylic acid groups (broad SMARTS) is 1. The number of nitrogens with zero attached hydrogens (tertiary/aromatic N) is 1. The van der Waals surface area contributed by atoms with E-state index in [0.717, 1.165) is 26.2 Å². The van der Waals surface area contributed by atoms with Gasteiger partial charge in [0.25, 0.3) is 0 Å². The minimum absolute atomic E-state index is 0.341. The van der Waals surface area contributed by atoms with Crippen LogP contribution in [0.5, 0.6) is 0 Å². The molecule has 2 atom stereocenters. The molecule has 2 aliphatic rings. The minimum Gasteiger partial charge on any atom is -0.481 e. The molecule has 0 saturated carbocycles. The molecule has 104 valence electrons. The lowest BCUT2D eigenvalue weighted by Crippen LogP contribution is -2.44. The number of aliphatic carboxylic acids is 1. The Labute approximate surface area is 108 Å². The Morgan fingerprint density at radius 2 is 2.28 bits per heavy atom. The molecule has 2 saturated heterocycles. The lowest BCUT2D eigenvalue weighted by Gasteiger charge is -2.32. The molecule has 5 nitrogen and oxygen atoms in total. The highest BCUT2D eigenvalue weighted by Gasteiger charge is 2.43. The Morgan fingerprint density at radius 1 is 1.44 bits per heavy atom. The fraction of sp³-hybridized carbons (Fsp3) is 0.923. The van der Waals surface area contributed by atoms with Crippen LogP contribution in [0.4, 0.5) is 0 Å². The van der Waals surface area contributed by atoms with E-state index in [2.05, 4.69) is 4.90 Å². The van der Waals surface area contributed by atoms with Crippen LogP contribution in [-0.2, 0) is 14.3 Å². The highest BCUT2D eigenvalue weighted by Crippen LogP contribution is 2.30. The molecule has 0 aromatic heterocycles. The fourth-order valence-electron chi connectivity index (χ4n) is 2.94. The largest absolute Gasteiger partial charge is 0.481 e. The molecule has 0 spiro atoms. The zero-order valence-corrected chi connectivity index (χ0v) is 11.1. The third-order valence-corrected chi connectivity index (χ3v) is 3.95. The Bertz CT molecular complexity index is 283. The van der Waals surface area contributed by atoms with Gasteiger partial charge in [-0.25, -0.2) is 0 Å². The Balaban J connectivity index is 1.84. The maximum absolute atomic E-state index is 11.4. The van der Waals surface area contributed by atoms with Crippen molar-refractivity contribution in [1.29, 1.82) is 0 Å². The van der Waals surface area contributed by atoms with Crippen LogP contribution in [0.3, 0.4) is 0 Å². The van der Waals surface area contributed by atoms with Crippen LogP contribution in [0.2, 0.25) is 0 Å². The second-order valence-corrected chi connectivity index (χ2v) is 5.67. The standard InChI is InChI=1S/C13H23NO4/c1-14(7-11-3-2-5-17-8-11)9-13(12(15)16)4-6-18-10-13/h11H,2-10H2,1H3,(H,15,16). The van der Waals surface area contributed by atoms with Crippen molar-refractivity contribution in [2.75, 3.05) is 46.6 Å². The molecule has 0 aromatic rings. The number of carboxylic acids is 1. The zero-order chi connectivity index (χ0) is 13.0. The monoisotopic (exact) mass is 257 g/mol. The summed E-state index contributed by atoms with van der Waals surface area (Å²) in [5.41, 5.74) is -0.704. The van der Waals surface area contributed by atoms with Crippen molar-refractivity contribution in [3.63, 3.8) is 0 Å².